The van der Waals surface area contributed by atoms with Crippen molar-refractivity contribution in [2.24, 2.45) is 0 Å². The average Bonchev–Trinajstić information content (AvgIpc) is 2.02. The normalized spacial score (nSPS) is 10.1. The summed E-state index contributed by atoms with van der Waals surface area (Å²) in [5.74, 6) is 0. The molecule has 0 spiro atoms. The second kappa shape index (κ2) is 5.83. The molecule has 0 saturated carbocycles. The van der Waals surface area contributed by atoms with E-state index in [-0.39, 0.29) is 12.2 Å². The van der Waals surface area contributed by atoms with Crippen LogP contribution in [0.25, 0.3) is 0 Å². The number of carbonyl (C=O) groups excluding carboxylic acids is 1. The second-order valence-corrected chi connectivity index (χ2v) is 2.81. The summed E-state index contributed by atoms with van der Waals surface area (Å²) in [5, 5.41) is 0. The molecule has 0 aliphatic carbocycles. The van der Waals surface area contributed by atoms with Gasteiger partial charge < -0.3 is 14.4 Å². The zero-order valence-corrected chi connectivity index (χ0v) is 8.16. The fourth-order valence-electron chi connectivity index (χ4n) is 0.672. The van der Waals surface area contributed by atoms with Crippen molar-refractivity contribution in [1.29, 1.82) is 0 Å². The second-order valence-electron chi connectivity index (χ2n) is 2.81. The van der Waals surface area contributed by atoms with Crippen LogP contribution in [0.1, 0.15) is 13.8 Å². The van der Waals surface area contributed by atoms with Crippen LogP contribution in [0.15, 0.2) is 0 Å². The van der Waals surface area contributed by atoms with E-state index in [1.165, 1.54) is 12.0 Å². The van der Waals surface area contributed by atoms with Gasteiger partial charge in [0.1, 0.15) is 0 Å². The molecular formula is C8H17NO3. The third-order valence-corrected chi connectivity index (χ3v) is 1.36. The molecule has 0 atom stereocenters. The first-order chi connectivity index (χ1) is 5.57. The lowest BCUT2D eigenvalue weighted by Gasteiger charge is -2.16. The molecule has 0 N–H and O–H groups in total. The molecule has 0 saturated heterocycles. The zero-order chi connectivity index (χ0) is 9.56. The van der Waals surface area contributed by atoms with E-state index in [1.54, 1.807) is 7.05 Å². The Kier molecular flexibility index (Phi) is 5.45. The number of hydrogen-bond donors (Lipinski definition) is 0. The molecule has 0 aliphatic rings. The number of hydrogen-bond acceptors (Lipinski definition) is 3. The van der Waals surface area contributed by atoms with Crippen molar-refractivity contribution in [1.82, 2.24) is 4.90 Å². The summed E-state index contributed by atoms with van der Waals surface area (Å²) in [4.78, 5) is 12.3. The van der Waals surface area contributed by atoms with Crippen LogP contribution in [0.2, 0.25) is 0 Å². The van der Waals surface area contributed by atoms with Crippen LogP contribution in [0.3, 0.4) is 0 Å². The molecule has 0 aromatic heterocycles. The molecule has 72 valence electrons. The Morgan fingerprint density at radius 2 is 2.08 bits per heavy atom. The SMILES string of the molecule is COC(=O)N(C)CCOC(C)C. The minimum Gasteiger partial charge on any atom is -0.453 e. The Balaban J connectivity index is 3.43. The molecule has 0 aromatic carbocycles. The van der Waals surface area contributed by atoms with E-state index in [4.69, 9.17) is 4.74 Å². The number of nitrogens with zero attached hydrogens (tertiary/aromatic N) is 1. The minimum absolute atomic E-state index is 0.205. The fourth-order valence-corrected chi connectivity index (χ4v) is 0.672. The van der Waals surface area contributed by atoms with Gasteiger partial charge in [0.2, 0.25) is 0 Å². The van der Waals surface area contributed by atoms with E-state index in [9.17, 15) is 4.79 Å². The number of methoxy groups -OCH3 is 1. The van der Waals surface area contributed by atoms with Gasteiger partial charge in [-0.3, -0.25) is 0 Å². The zero-order valence-electron chi connectivity index (χ0n) is 8.16. The van der Waals surface area contributed by atoms with E-state index in [0.29, 0.717) is 13.2 Å². The number of amides is 1. The number of carbonyl (C=O) groups is 1. The molecule has 12 heavy (non-hydrogen) atoms. The van der Waals surface area contributed by atoms with Crippen LogP contribution in [-0.4, -0.2) is 44.4 Å². The lowest BCUT2D eigenvalue weighted by Crippen LogP contribution is -2.30. The van der Waals surface area contributed by atoms with Gasteiger partial charge in [0, 0.05) is 13.6 Å². The van der Waals surface area contributed by atoms with Gasteiger partial charge in [0.15, 0.2) is 0 Å². The highest BCUT2D eigenvalue weighted by atomic mass is 16.5. The van der Waals surface area contributed by atoms with Crippen molar-refractivity contribution in [3.63, 3.8) is 0 Å². The minimum atomic E-state index is -0.331. The van der Waals surface area contributed by atoms with Crippen molar-refractivity contribution < 1.29 is 14.3 Å². The highest BCUT2D eigenvalue weighted by Crippen LogP contribution is 1.91. The van der Waals surface area contributed by atoms with E-state index in [0.717, 1.165) is 0 Å². The van der Waals surface area contributed by atoms with E-state index >= 15 is 0 Å². The molecular weight excluding hydrogens is 158 g/mol. The van der Waals surface area contributed by atoms with Gasteiger partial charge in [-0.1, -0.05) is 0 Å². The van der Waals surface area contributed by atoms with E-state index < -0.39 is 0 Å². The van der Waals surface area contributed by atoms with Crippen LogP contribution in [0, 0.1) is 0 Å². The van der Waals surface area contributed by atoms with Crippen molar-refractivity contribution in [3.05, 3.63) is 0 Å². The molecule has 0 aromatic rings. The van der Waals surface area contributed by atoms with Gasteiger partial charge in [-0.15, -0.1) is 0 Å². The molecule has 0 aliphatic heterocycles. The molecule has 0 radical (unpaired) electrons. The van der Waals surface area contributed by atoms with Gasteiger partial charge in [-0.05, 0) is 13.8 Å². The Labute approximate surface area is 73.4 Å². The molecule has 0 rings (SSSR count). The summed E-state index contributed by atoms with van der Waals surface area (Å²) >= 11 is 0. The maximum absolute atomic E-state index is 10.8. The number of likely N-dealkylation sites (N-methyl/N-ethyl adjacent to an activating group) is 1. The number of rotatable bonds is 4. The van der Waals surface area contributed by atoms with Gasteiger partial charge in [-0.25, -0.2) is 4.79 Å². The molecule has 4 heteroatoms. The molecule has 1 amide bonds. The highest BCUT2D eigenvalue weighted by molar-refractivity contribution is 5.66. The van der Waals surface area contributed by atoms with Gasteiger partial charge >= 0.3 is 6.09 Å². The fraction of sp³-hybridized carbons (Fsp3) is 0.875. The Morgan fingerprint density at radius 1 is 1.50 bits per heavy atom. The van der Waals surface area contributed by atoms with E-state index in [1.807, 2.05) is 13.8 Å². The standard InChI is InChI=1S/C8H17NO3/c1-7(2)12-6-5-9(3)8(10)11-4/h7H,5-6H2,1-4H3. The lowest BCUT2D eigenvalue weighted by atomic mass is 10.5. The monoisotopic (exact) mass is 175 g/mol. The van der Waals surface area contributed by atoms with Crippen LogP contribution in [0.4, 0.5) is 4.79 Å². The Bertz CT molecular complexity index is 136. The maximum atomic E-state index is 10.8. The van der Waals surface area contributed by atoms with Crippen molar-refractivity contribution in [2.75, 3.05) is 27.3 Å². The molecule has 0 heterocycles. The topological polar surface area (TPSA) is 38.8 Å². The van der Waals surface area contributed by atoms with Gasteiger partial charge in [-0.2, -0.15) is 0 Å². The first-order valence-corrected chi connectivity index (χ1v) is 3.98. The quantitative estimate of drug-likeness (QED) is 0.642. The average molecular weight is 175 g/mol. The molecule has 4 nitrogen and oxygen atoms in total. The third-order valence-electron chi connectivity index (χ3n) is 1.36. The Morgan fingerprint density at radius 3 is 2.50 bits per heavy atom. The lowest BCUT2D eigenvalue weighted by molar-refractivity contribution is 0.0595. The van der Waals surface area contributed by atoms with E-state index in [2.05, 4.69) is 4.74 Å². The summed E-state index contributed by atoms with van der Waals surface area (Å²) in [6.45, 7) is 5.02. The molecule has 0 fully saturated rings. The number of ether oxygens (including phenoxy) is 2. The molecule has 0 unspecified atom stereocenters. The predicted molar refractivity (Wildman–Crippen MR) is 46.1 cm³/mol. The van der Waals surface area contributed by atoms with Gasteiger partial charge in [0.05, 0.1) is 19.8 Å². The third kappa shape index (κ3) is 4.96. The van der Waals surface area contributed by atoms with Crippen LogP contribution in [-0.2, 0) is 9.47 Å². The molecule has 0 bridgehead atoms. The largest absolute Gasteiger partial charge is 0.453 e. The summed E-state index contributed by atoms with van der Waals surface area (Å²) < 4.78 is 9.76. The maximum Gasteiger partial charge on any atom is 0.409 e. The van der Waals surface area contributed by atoms with Crippen LogP contribution < -0.4 is 0 Å². The predicted octanol–water partition coefficient (Wildman–Crippen LogP) is 1.11. The van der Waals surface area contributed by atoms with Crippen LogP contribution in [0.5, 0.6) is 0 Å². The smallest absolute Gasteiger partial charge is 0.409 e. The van der Waals surface area contributed by atoms with Crippen molar-refractivity contribution in [2.45, 2.75) is 20.0 Å². The summed E-state index contributed by atoms with van der Waals surface area (Å²) in [6, 6.07) is 0. The Hall–Kier alpha value is -0.770. The van der Waals surface area contributed by atoms with Crippen molar-refractivity contribution >= 4 is 6.09 Å². The van der Waals surface area contributed by atoms with Crippen LogP contribution >= 0.6 is 0 Å². The summed E-state index contributed by atoms with van der Waals surface area (Å²) in [5.41, 5.74) is 0. The highest BCUT2D eigenvalue weighted by Gasteiger charge is 2.06. The summed E-state index contributed by atoms with van der Waals surface area (Å²) in [6.07, 6.45) is -0.126. The first kappa shape index (κ1) is 11.2. The van der Waals surface area contributed by atoms with Gasteiger partial charge in [0.25, 0.3) is 0 Å². The first-order valence-electron chi connectivity index (χ1n) is 3.98. The summed E-state index contributed by atoms with van der Waals surface area (Å²) in [7, 11) is 3.04. The van der Waals surface area contributed by atoms with Crippen molar-refractivity contribution in [3.8, 4) is 0 Å².